The first kappa shape index (κ1) is 8.40. The first-order chi connectivity index (χ1) is 7.34. The minimum Gasteiger partial charge on any atom is -0.384 e. The van der Waals surface area contributed by atoms with Crippen LogP contribution < -0.4 is 5.73 Å². The van der Waals surface area contributed by atoms with Crippen molar-refractivity contribution in [2.24, 2.45) is 0 Å². The van der Waals surface area contributed by atoms with Gasteiger partial charge in [0, 0.05) is 17.8 Å². The molecule has 5 heteroatoms. The fourth-order valence-corrected chi connectivity index (χ4v) is 1.61. The van der Waals surface area contributed by atoms with Gasteiger partial charge >= 0.3 is 0 Å². The lowest BCUT2D eigenvalue weighted by molar-refractivity contribution is 0.746. The van der Waals surface area contributed by atoms with Crippen molar-refractivity contribution in [3.8, 4) is 11.4 Å². The van der Waals surface area contributed by atoms with Gasteiger partial charge < -0.3 is 10.3 Å². The summed E-state index contributed by atoms with van der Waals surface area (Å²) in [5.41, 5.74) is 6.50. The van der Waals surface area contributed by atoms with Gasteiger partial charge in [-0.1, -0.05) is 0 Å². The van der Waals surface area contributed by atoms with E-state index in [2.05, 4.69) is 19.7 Å². The van der Waals surface area contributed by atoms with Crippen LogP contribution in [-0.4, -0.2) is 19.7 Å². The van der Waals surface area contributed by atoms with E-state index in [4.69, 9.17) is 5.73 Å². The molecule has 0 atom stereocenters. The number of nitrogens with zero attached hydrogens (tertiary/aromatic N) is 4. The predicted octanol–water partition coefficient (Wildman–Crippen LogP) is 1.26. The second kappa shape index (κ2) is 3.05. The van der Waals surface area contributed by atoms with Gasteiger partial charge in [0.25, 0.3) is 0 Å². The molecular weight excluding hydrogens is 190 g/mol. The van der Waals surface area contributed by atoms with Gasteiger partial charge in [-0.05, 0) is 25.0 Å². The second-order valence-electron chi connectivity index (χ2n) is 3.76. The van der Waals surface area contributed by atoms with Crippen LogP contribution in [0.2, 0.25) is 0 Å². The summed E-state index contributed by atoms with van der Waals surface area (Å²) in [6.07, 6.45) is 5.95. The summed E-state index contributed by atoms with van der Waals surface area (Å²) in [4.78, 5) is 4.05. The molecule has 3 rings (SSSR count). The van der Waals surface area contributed by atoms with Gasteiger partial charge in [-0.15, -0.1) is 10.2 Å². The molecule has 0 bridgehead atoms. The lowest BCUT2D eigenvalue weighted by Gasteiger charge is -2.03. The molecule has 1 saturated carbocycles. The molecule has 0 aliphatic heterocycles. The van der Waals surface area contributed by atoms with Gasteiger partial charge in [-0.2, -0.15) is 0 Å². The Hall–Kier alpha value is -1.91. The molecule has 76 valence electrons. The standard InChI is InChI=1S/C10H11N5/c11-9-4-1-7(5-12-9)10-14-13-6-15(10)8-2-3-8/h1,4-6,8H,2-3H2,(H2,11,12). The van der Waals surface area contributed by atoms with Crippen LogP contribution in [0.1, 0.15) is 18.9 Å². The molecule has 15 heavy (non-hydrogen) atoms. The van der Waals surface area contributed by atoms with Gasteiger partial charge in [0.1, 0.15) is 12.1 Å². The maximum absolute atomic E-state index is 5.54. The third kappa shape index (κ3) is 1.45. The minimum atomic E-state index is 0.524. The van der Waals surface area contributed by atoms with Crippen molar-refractivity contribution >= 4 is 5.82 Å². The maximum atomic E-state index is 5.54. The monoisotopic (exact) mass is 201 g/mol. The fourth-order valence-electron chi connectivity index (χ4n) is 1.61. The Balaban J connectivity index is 2.04. The number of anilines is 1. The molecule has 1 fully saturated rings. The predicted molar refractivity (Wildman–Crippen MR) is 55.9 cm³/mol. The van der Waals surface area contributed by atoms with Crippen molar-refractivity contribution in [2.75, 3.05) is 5.73 Å². The van der Waals surface area contributed by atoms with Crippen molar-refractivity contribution in [1.82, 2.24) is 19.7 Å². The van der Waals surface area contributed by atoms with Gasteiger partial charge in [0.15, 0.2) is 5.82 Å². The molecule has 0 unspecified atom stereocenters. The summed E-state index contributed by atoms with van der Waals surface area (Å²) in [6.45, 7) is 0. The van der Waals surface area contributed by atoms with Crippen molar-refractivity contribution in [2.45, 2.75) is 18.9 Å². The zero-order valence-corrected chi connectivity index (χ0v) is 8.17. The highest BCUT2D eigenvalue weighted by molar-refractivity contribution is 5.55. The van der Waals surface area contributed by atoms with E-state index in [1.54, 1.807) is 18.6 Å². The molecule has 1 aliphatic rings. The molecule has 0 amide bonds. The number of aromatic nitrogens is 4. The van der Waals surface area contributed by atoms with Crippen molar-refractivity contribution in [1.29, 1.82) is 0 Å². The number of hydrogen-bond acceptors (Lipinski definition) is 4. The molecule has 2 N–H and O–H groups in total. The topological polar surface area (TPSA) is 69.6 Å². The summed E-state index contributed by atoms with van der Waals surface area (Å²) in [7, 11) is 0. The van der Waals surface area contributed by atoms with Crippen molar-refractivity contribution in [3.63, 3.8) is 0 Å². The zero-order valence-electron chi connectivity index (χ0n) is 8.17. The molecular formula is C10H11N5. The minimum absolute atomic E-state index is 0.524. The number of rotatable bonds is 2. The third-order valence-corrected chi connectivity index (χ3v) is 2.56. The van der Waals surface area contributed by atoms with E-state index >= 15 is 0 Å². The Bertz CT molecular complexity index is 469. The lowest BCUT2D eigenvalue weighted by atomic mass is 10.2. The van der Waals surface area contributed by atoms with E-state index in [0.717, 1.165) is 11.4 Å². The van der Waals surface area contributed by atoms with Crippen LogP contribution in [0.4, 0.5) is 5.82 Å². The van der Waals surface area contributed by atoms with Crippen LogP contribution in [0.25, 0.3) is 11.4 Å². The molecule has 2 aromatic heterocycles. The Kier molecular flexibility index (Phi) is 1.71. The molecule has 0 radical (unpaired) electrons. The Morgan fingerprint density at radius 3 is 2.87 bits per heavy atom. The second-order valence-corrected chi connectivity index (χ2v) is 3.76. The van der Waals surface area contributed by atoms with Crippen LogP contribution in [0.15, 0.2) is 24.7 Å². The van der Waals surface area contributed by atoms with E-state index in [1.165, 1.54) is 12.8 Å². The summed E-state index contributed by atoms with van der Waals surface area (Å²) < 4.78 is 2.10. The van der Waals surface area contributed by atoms with Crippen molar-refractivity contribution < 1.29 is 0 Å². The molecule has 0 saturated heterocycles. The Morgan fingerprint density at radius 2 is 2.20 bits per heavy atom. The largest absolute Gasteiger partial charge is 0.384 e. The number of nitrogens with two attached hydrogens (primary N) is 1. The van der Waals surface area contributed by atoms with Crippen LogP contribution in [0.3, 0.4) is 0 Å². The quantitative estimate of drug-likeness (QED) is 0.794. The zero-order chi connectivity index (χ0) is 10.3. The Labute approximate surface area is 87.0 Å². The van der Waals surface area contributed by atoms with Gasteiger partial charge in [-0.3, -0.25) is 0 Å². The number of hydrogen-bond donors (Lipinski definition) is 1. The van der Waals surface area contributed by atoms with Crippen LogP contribution in [-0.2, 0) is 0 Å². The molecule has 2 aromatic rings. The molecule has 2 heterocycles. The van der Waals surface area contributed by atoms with E-state index in [-0.39, 0.29) is 0 Å². The van der Waals surface area contributed by atoms with Gasteiger partial charge in [0.05, 0.1) is 0 Å². The average molecular weight is 201 g/mol. The first-order valence-electron chi connectivity index (χ1n) is 4.96. The highest BCUT2D eigenvalue weighted by atomic mass is 15.3. The van der Waals surface area contributed by atoms with E-state index < -0.39 is 0 Å². The van der Waals surface area contributed by atoms with Crippen LogP contribution >= 0.6 is 0 Å². The first-order valence-corrected chi connectivity index (χ1v) is 4.96. The SMILES string of the molecule is Nc1ccc(-c2nncn2C2CC2)cn1. The average Bonchev–Trinajstić information content (AvgIpc) is 2.98. The summed E-state index contributed by atoms with van der Waals surface area (Å²) in [5.74, 6) is 1.40. The van der Waals surface area contributed by atoms with E-state index in [9.17, 15) is 0 Å². The normalized spacial score (nSPS) is 15.5. The molecule has 1 aliphatic carbocycles. The highest BCUT2D eigenvalue weighted by Gasteiger charge is 2.26. The smallest absolute Gasteiger partial charge is 0.165 e. The molecule has 0 aromatic carbocycles. The number of nitrogen functional groups attached to an aromatic ring is 1. The lowest BCUT2D eigenvalue weighted by Crippen LogP contribution is -1.97. The summed E-state index contributed by atoms with van der Waals surface area (Å²) >= 11 is 0. The summed E-state index contributed by atoms with van der Waals surface area (Å²) in [6, 6.07) is 4.28. The number of pyridine rings is 1. The highest BCUT2D eigenvalue weighted by Crippen LogP contribution is 2.37. The van der Waals surface area contributed by atoms with Crippen LogP contribution in [0, 0.1) is 0 Å². The Morgan fingerprint density at radius 1 is 1.33 bits per heavy atom. The van der Waals surface area contributed by atoms with E-state index in [1.807, 2.05) is 6.07 Å². The van der Waals surface area contributed by atoms with Gasteiger partial charge in [0.2, 0.25) is 0 Å². The third-order valence-electron chi connectivity index (χ3n) is 2.56. The van der Waals surface area contributed by atoms with Crippen LogP contribution in [0.5, 0.6) is 0 Å². The van der Waals surface area contributed by atoms with Crippen molar-refractivity contribution in [3.05, 3.63) is 24.7 Å². The molecule has 0 spiro atoms. The fraction of sp³-hybridized carbons (Fsp3) is 0.300. The summed E-state index contributed by atoms with van der Waals surface area (Å²) in [5, 5.41) is 8.05. The van der Waals surface area contributed by atoms with E-state index in [0.29, 0.717) is 11.9 Å². The van der Waals surface area contributed by atoms with Gasteiger partial charge in [-0.25, -0.2) is 4.98 Å². The molecule has 5 nitrogen and oxygen atoms in total. The maximum Gasteiger partial charge on any atom is 0.165 e.